The van der Waals surface area contributed by atoms with Crippen molar-refractivity contribution in [2.24, 2.45) is 5.92 Å². The van der Waals surface area contributed by atoms with E-state index in [2.05, 4.69) is 0 Å². The third kappa shape index (κ3) is 5.40. The fourth-order valence-electron chi connectivity index (χ4n) is 4.83. The second-order valence-electron chi connectivity index (χ2n) is 8.95. The monoisotopic (exact) mass is 496 g/mol. The molecule has 1 atom stereocenters. The number of carbonyl (C=O) groups excluding carboxylic acids is 4. The molecule has 0 radical (unpaired) electrons. The first-order valence-corrected chi connectivity index (χ1v) is 12.5. The average molecular weight is 497 g/mol. The first kappa shape index (κ1) is 24.9. The third-order valence-electron chi connectivity index (χ3n) is 6.67. The Morgan fingerprint density at radius 1 is 1.03 bits per heavy atom. The summed E-state index contributed by atoms with van der Waals surface area (Å²) in [5.41, 5.74) is 1.42. The highest BCUT2D eigenvalue weighted by Crippen LogP contribution is 2.32. The van der Waals surface area contributed by atoms with E-state index in [4.69, 9.17) is 16.3 Å². The van der Waals surface area contributed by atoms with Gasteiger partial charge in [0.25, 0.3) is 5.91 Å². The first-order valence-electron chi connectivity index (χ1n) is 12.1. The van der Waals surface area contributed by atoms with Crippen LogP contribution in [0, 0.1) is 5.92 Å². The number of halogens is 1. The Labute approximate surface area is 210 Å². The van der Waals surface area contributed by atoms with Crippen molar-refractivity contribution >= 4 is 41.0 Å². The molecule has 1 heterocycles. The predicted molar refractivity (Wildman–Crippen MR) is 132 cm³/mol. The Balaban J connectivity index is 1.60. The fraction of sp³-hybridized carbons (Fsp3) is 0.407. The zero-order chi connectivity index (χ0) is 24.9. The minimum absolute atomic E-state index is 0.0959. The molecule has 2 fully saturated rings. The minimum atomic E-state index is -0.905. The molecule has 2 aromatic rings. The molecular formula is C27H29ClN2O5. The molecule has 0 bridgehead atoms. The molecule has 8 heteroatoms. The van der Waals surface area contributed by atoms with Crippen LogP contribution in [0.2, 0.25) is 5.02 Å². The van der Waals surface area contributed by atoms with Crippen molar-refractivity contribution < 1.29 is 23.9 Å². The lowest BCUT2D eigenvalue weighted by Gasteiger charge is -2.33. The molecule has 0 N–H and O–H groups in total. The molecule has 7 nitrogen and oxygen atoms in total. The zero-order valence-electron chi connectivity index (χ0n) is 19.7. The van der Waals surface area contributed by atoms with E-state index >= 15 is 0 Å². The van der Waals surface area contributed by atoms with Crippen molar-refractivity contribution in [3.63, 3.8) is 0 Å². The van der Waals surface area contributed by atoms with Crippen LogP contribution in [0.4, 0.5) is 5.69 Å². The summed E-state index contributed by atoms with van der Waals surface area (Å²) in [6.07, 6.45) is 4.53. The smallest absolute Gasteiger partial charge is 0.338 e. The Hall–Kier alpha value is -3.19. The van der Waals surface area contributed by atoms with Crippen LogP contribution in [-0.2, 0) is 25.7 Å². The van der Waals surface area contributed by atoms with Gasteiger partial charge in [-0.2, -0.15) is 0 Å². The van der Waals surface area contributed by atoms with Crippen molar-refractivity contribution in [1.29, 1.82) is 0 Å². The summed E-state index contributed by atoms with van der Waals surface area (Å²) in [5.74, 6) is -1.57. The van der Waals surface area contributed by atoms with Crippen LogP contribution in [0.1, 0.15) is 61.4 Å². The number of carbonyl (C=O) groups is 4. The van der Waals surface area contributed by atoms with E-state index in [1.54, 1.807) is 30.0 Å². The second-order valence-corrected chi connectivity index (χ2v) is 9.35. The molecule has 4 rings (SSSR count). The average Bonchev–Trinajstić information content (AvgIpc) is 3.17. The lowest BCUT2D eigenvalue weighted by Crippen LogP contribution is -2.47. The van der Waals surface area contributed by atoms with Gasteiger partial charge in [-0.15, -0.1) is 0 Å². The van der Waals surface area contributed by atoms with E-state index in [9.17, 15) is 19.2 Å². The highest BCUT2D eigenvalue weighted by atomic mass is 35.5. The number of ether oxygens (including phenoxy) is 1. The van der Waals surface area contributed by atoms with E-state index < -0.39 is 17.9 Å². The van der Waals surface area contributed by atoms with Gasteiger partial charge < -0.3 is 9.64 Å². The van der Waals surface area contributed by atoms with Gasteiger partial charge in [0, 0.05) is 17.5 Å². The molecular weight excluding hydrogens is 468 g/mol. The Morgan fingerprint density at radius 3 is 2.37 bits per heavy atom. The number of benzene rings is 2. The van der Waals surface area contributed by atoms with Gasteiger partial charge in [0.15, 0.2) is 0 Å². The fourth-order valence-corrected chi connectivity index (χ4v) is 5.02. The summed E-state index contributed by atoms with van der Waals surface area (Å²) in [4.78, 5) is 54.7. The van der Waals surface area contributed by atoms with Gasteiger partial charge in [0.1, 0.15) is 6.04 Å². The summed E-state index contributed by atoms with van der Waals surface area (Å²) < 4.78 is 4.99. The van der Waals surface area contributed by atoms with E-state index in [0.717, 1.165) is 42.6 Å². The molecule has 1 aliphatic carbocycles. The predicted octanol–water partition coefficient (Wildman–Crippen LogP) is 4.76. The molecule has 0 spiro atoms. The molecule has 0 aromatic heterocycles. The van der Waals surface area contributed by atoms with E-state index in [0.29, 0.717) is 16.3 Å². The molecule has 2 aromatic carbocycles. The minimum Gasteiger partial charge on any atom is -0.462 e. The highest BCUT2D eigenvalue weighted by Gasteiger charge is 2.45. The maximum absolute atomic E-state index is 13.6. The number of rotatable bonds is 7. The summed E-state index contributed by atoms with van der Waals surface area (Å²) in [6, 6.07) is 12.5. The van der Waals surface area contributed by atoms with Gasteiger partial charge in [-0.1, -0.05) is 49.1 Å². The summed E-state index contributed by atoms with van der Waals surface area (Å²) in [6.45, 7) is 2.13. The van der Waals surface area contributed by atoms with Crippen LogP contribution in [0.5, 0.6) is 0 Å². The highest BCUT2D eigenvalue weighted by molar-refractivity contribution is 6.31. The quantitative estimate of drug-likeness (QED) is 0.407. The zero-order valence-corrected chi connectivity index (χ0v) is 20.5. The van der Waals surface area contributed by atoms with Gasteiger partial charge in [0.2, 0.25) is 11.8 Å². The lowest BCUT2D eigenvalue weighted by atomic mass is 9.87. The number of hydrogen-bond donors (Lipinski definition) is 0. The summed E-state index contributed by atoms with van der Waals surface area (Å²) in [7, 11) is 0. The van der Waals surface area contributed by atoms with E-state index in [1.807, 2.05) is 18.2 Å². The molecule has 184 valence electrons. The maximum Gasteiger partial charge on any atom is 0.338 e. The van der Waals surface area contributed by atoms with Gasteiger partial charge in [-0.25, -0.2) is 9.69 Å². The van der Waals surface area contributed by atoms with Gasteiger partial charge in [-0.05, 0) is 55.7 Å². The topological polar surface area (TPSA) is 84.0 Å². The second kappa shape index (κ2) is 11.0. The normalized spacial score (nSPS) is 18.6. The first-order chi connectivity index (χ1) is 16.9. The molecule has 1 aliphatic heterocycles. The number of esters is 1. The van der Waals surface area contributed by atoms with Crippen LogP contribution < -0.4 is 4.90 Å². The number of nitrogens with zero attached hydrogens (tertiary/aromatic N) is 2. The molecule has 1 saturated carbocycles. The van der Waals surface area contributed by atoms with Gasteiger partial charge in [0.05, 0.1) is 24.3 Å². The van der Waals surface area contributed by atoms with Crippen LogP contribution in [0.15, 0.2) is 48.5 Å². The largest absolute Gasteiger partial charge is 0.462 e. The van der Waals surface area contributed by atoms with Crippen LogP contribution in [0.25, 0.3) is 0 Å². The Morgan fingerprint density at radius 2 is 1.71 bits per heavy atom. The van der Waals surface area contributed by atoms with Gasteiger partial charge >= 0.3 is 5.97 Å². The van der Waals surface area contributed by atoms with Crippen molar-refractivity contribution in [2.45, 2.75) is 58.0 Å². The third-order valence-corrected chi connectivity index (χ3v) is 7.04. The van der Waals surface area contributed by atoms with E-state index in [-0.39, 0.29) is 37.3 Å². The summed E-state index contributed by atoms with van der Waals surface area (Å²) in [5, 5.41) is 0.511. The van der Waals surface area contributed by atoms with E-state index in [1.165, 1.54) is 12.1 Å². The number of imide groups is 1. The van der Waals surface area contributed by atoms with Crippen molar-refractivity contribution in [2.75, 3.05) is 11.5 Å². The Kier molecular flexibility index (Phi) is 7.86. The van der Waals surface area contributed by atoms with Crippen LogP contribution in [-0.4, -0.2) is 41.2 Å². The number of amides is 3. The Bertz CT molecular complexity index is 1110. The molecule has 1 saturated heterocycles. The standard InChI is InChI=1S/C27H29ClN2O5/c1-2-35-27(34)19-12-14-21(15-13-19)30-24(31)16-23(26(30)33)29(17-20-10-6-7-11-22(20)28)25(32)18-8-4-3-5-9-18/h6-7,10-15,18,23H,2-5,8-9,16-17H2,1H3. The number of anilines is 1. The van der Waals surface area contributed by atoms with Crippen LogP contribution in [0.3, 0.4) is 0 Å². The van der Waals surface area contributed by atoms with Crippen molar-refractivity contribution in [3.8, 4) is 0 Å². The SMILES string of the molecule is CCOC(=O)c1ccc(N2C(=O)CC(N(Cc3ccccc3Cl)C(=O)C3CCCCC3)C2=O)cc1. The van der Waals surface area contributed by atoms with Crippen molar-refractivity contribution in [3.05, 3.63) is 64.7 Å². The molecule has 2 aliphatic rings. The maximum atomic E-state index is 13.6. The van der Waals surface area contributed by atoms with Crippen LogP contribution >= 0.6 is 11.6 Å². The molecule has 3 amide bonds. The summed E-state index contributed by atoms with van der Waals surface area (Å²) >= 11 is 6.38. The van der Waals surface area contributed by atoms with Gasteiger partial charge in [-0.3, -0.25) is 14.4 Å². The number of hydrogen-bond acceptors (Lipinski definition) is 5. The van der Waals surface area contributed by atoms with Crippen molar-refractivity contribution in [1.82, 2.24) is 4.90 Å². The molecule has 1 unspecified atom stereocenters. The molecule has 35 heavy (non-hydrogen) atoms. The lowest BCUT2D eigenvalue weighted by molar-refractivity contribution is -0.143.